The van der Waals surface area contributed by atoms with Gasteiger partial charge in [0.05, 0.1) is 18.4 Å². The maximum absolute atomic E-state index is 9.88. The molecule has 0 spiro atoms. The number of ether oxygens (including phenoxy) is 1. The van der Waals surface area contributed by atoms with Crippen molar-refractivity contribution in [2.75, 3.05) is 32.2 Å². The number of rotatable bonds is 8. The number of hydrogen-bond acceptors (Lipinski definition) is 5. The van der Waals surface area contributed by atoms with E-state index in [2.05, 4.69) is 24.3 Å². The number of aliphatic hydroxyl groups is 1. The van der Waals surface area contributed by atoms with Crippen LogP contribution in [-0.2, 0) is 18.3 Å². The Balaban J connectivity index is 2.86. The predicted octanol–water partition coefficient (Wildman–Crippen LogP) is 0.670. The zero-order valence-corrected chi connectivity index (χ0v) is 13.5. The minimum atomic E-state index is -0.508. The van der Waals surface area contributed by atoms with Crippen molar-refractivity contribution in [1.82, 2.24) is 15.1 Å². The van der Waals surface area contributed by atoms with Crippen molar-refractivity contribution in [3.8, 4) is 0 Å². The molecule has 0 bridgehead atoms. The molecule has 20 heavy (non-hydrogen) atoms. The fourth-order valence-corrected chi connectivity index (χ4v) is 2.33. The molecular weight excluding hydrogens is 256 g/mol. The van der Waals surface area contributed by atoms with Gasteiger partial charge < -0.3 is 20.1 Å². The minimum Gasteiger partial charge on any atom is -0.389 e. The molecule has 1 aromatic rings. The van der Waals surface area contributed by atoms with Crippen LogP contribution in [0.3, 0.4) is 0 Å². The third-order valence-corrected chi connectivity index (χ3v) is 3.21. The maximum Gasteiger partial charge on any atom is 0.131 e. The summed E-state index contributed by atoms with van der Waals surface area (Å²) >= 11 is 0. The Morgan fingerprint density at radius 2 is 2.10 bits per heavy atom. The van der Waals surface area contributed by atoms with Crippen LogP contribution in [0, 0.1) is 6.92 Å². The molecule has 6 nitrogen and oxygen atoms in total. The van der Waals surface area contributed by atoms with E-state index in [0.29, 0.717) is 19.2 Å². The van der Waals surface area contributed by atoms with Crippen LogP contribution in [-0.4, -0.2) is 54.3 Å². The fraction of sp³-hybridized carbons (Fsp3) is 0.786. The molecular formula is C14H28N4O2. The van der Waals surface area contributed by atoms with Gasteiger partial charge in [0, 0.05) is 45.9 Å². The lowest BCUT2D eigenvalue weighted by Crippen LogP contribution is -2.34. The topological polar surface area (TPSA) is 62.6 Å². The molecule has 1 unspecified atom stereocenters. The summed E-state index contributed by atoms with van der Waals surface area (Å²) in [5, 5.41) is 17.8. The Morgan fingerprint density at radius 1 is 1.45 bits per heavy atom. The third kappa shape index (κ3) is 4.47. The fourth-order valence-electron chi connectivity index (χ4n) is 2.33. The quantitative estimate of drug-likeness (QED) is 0.735. The third-order valence-electron chi connectivity index (χ3n) is 3.21. The van der Waals surface area contributed by atoms with Gasteiger partial charge in [-0.1, -0.05) is 13.8 Å². The van der Waals surface area contributed by atoms with Gasteiger partial charge in [0.2, 0.25) is 0 Å². The number of likely N-dealkylation sites (N-methyl/N-ethyl adjacent to an activating group) is 1. The highest BCUT2D eigenvalue weighted by Gasteiger charge is 2.19. The van der Waals surface area contributed by atoms with E-state index in [-0.39, 0.29) is 0 Å². The molecule has 0 aliphatic heterocycles. The number of aryl methyl sites for hydroxylation is 2. The molecule has 0 fully saturated rings. The van der Waals surface area contributed by atoms with Crippen LogP contribution in [0.15, 0.2) is 0 Å². The van der Waals surface area contributed by atoms with E-state index >= 15 is 0 Å². The van der Waals surface area contributed by atoms with E-state index < -0.39 is 6.10 Å². The Morgan fingerprint density at radius 3 is 2.65 bits per heavy atom. The van der Waals surface area contributed by atoms with Crippen LogP contribution < -0.4 is 10.2 Å². The lowest BCUT2D eigenvalue weighted by molar-refractivity contribution is 0.0693. The second kappa shape index (κ2) is 7.61. The molecule has 116 valence electrons. The van der Waals surface area contributed by atoms with Gasteiger partial charge >= 0.3 is 0 Å². The largest absolute Gasteiger partial charge is 0.389 e. The molecule has 0 aliphatic carbocycles. The molecule has 2 N–H and O–H groups in total. The summed E-state index contributed by atoms with van der Waals surface area (Å²) in [5.74, 6) is 1.03. The normalized spacial score (nSPS) is 13.0. The van der Waals surface area contributed by atoms with Crippen molar-refractivity contribution in [3.05, 3.63) is 11.3 Å². The van der Waals surface area contributed by atoms with Crippen molar-refractivity contribution in [1.29, 1.82) is 0 Å². The van der Waals surface area contributed by atoms with Crippen molar-refractivity contribution in [2.45, 2.75) is 39.5 Å². The number of aliphatic hydroxyl groups excluding tert-OH is 1. The van der Waals surface area contributed by atoms with Crippen LogP contribution in [0.2, 0.25) is 0 Å². The van der Waals surface area contributed by atoms with Crippen LogP contribution in [0.5, 0.6) is 0 Å². The van der Waals surface area contributed by atoms with Crippen LogP contribution in [0.1, 0.15) is 25.1 Å². The van der Waals surface area contributed by atoms with E-state index in [0.717, 1.165) is 18.1 Å². The summed E-state index contributed by atoms with van der Waals surface area (Å²) in [6, 6.07) is 0.423. The smallest absolute Gasteiger partial charge is 0.131 e. The van der Waals surface area contributed by atoms with E-state index in [1.165, 1.54) is 5.56 Å². The molecule has 6 heteroatoms. The van der Waals surface area contributed by atoms with Gasteiger partial charge in [0.25, 0.3) is 0 Å². The van der Waals surface area contributed by atoms with Crippen LogP contribution in [0.25, 0.3) is 0 Å². The molecule has 0 amide bonds. The molecule has 0 aromatic carbocycles. The predicted molar refractivity (Wildman–Crippen MR) is 81.1 cm³/mol. The maximum atomic E-state index is 9.88. The Bertz CT molecular complexity index is 418. The van der Waals surface area contributed by atoms with E-state index in [9.17, 15) is 5.11 Å². The first-order valence-corrected chi connectivity index (χ1v) is 7.00. The molecule has 1 rings (SSSR count). The van der Waals surface area contributed by atoms with Gasteiger partial charge in [0.1, 0.15) is 5.82 Å². The highest BCUT2D eigenvalue weighted by atomic mass is 16.5. The minimum absolute atomic E-state index is 0.334. The number of methoxy groups -OCH3 is 1. The van der Waals surface area contributed by atoms with Crippen LogP contribution >= 0.6 is 0 Å². The number of hydrogen-bond donors (Lipinski definition) is 2. The lowest BCUT2D eigenvalue weighted by Gasteiger charge is -2.24. The van der Waals surface area contributed by atoms with E-state index in [1.807, 2.05) is 30.6 Å². The molecule has 1 atom stereocenters. The van der Waals surface area contributed by atoms with Gasteiger partial charge in [-0.05, 0) is 6.92 Å². The van der Waals surface area contributed by atoms with Gasteiger partial charge in [-0.3, -0.25) is 4.68 Å². The highest BCUT2D eigenvalue weighted by molar-refractivity contribution is 5.49. The van der Waals surface area contributed by atoms with Gasteiger partial charge in [-0.15, -0.1) is 0 Å². The first kappa shape index (κ1) is 16.9. The number of anilines is 1. The van der Waals surface area contributed by atoms with Crippen molar-refractivity contribution >= 4 is 5.82 Å². The average Bonchev–Trinajstić information content (AvgIpc) is 2.61. The first-order chi connectivity index (χ1) is 9.36. The Kier molecular flexibility index (Phi) is 6.45. The molecule has 0 saturated heterocycles. The molecule has 1 heterocycles. The van der Waals surface area contributed by atoms with Gasteiger partial charge in [-0.25, -0.2) is 0 Å². The summed E-state index contributed by atoms with van der Waals surface area (Å²) in [4.78, 5) is 2.03. The Labute approximate surface area is 121 Å². The number of nitrogens with zero attached hydrogens (tertiary/aromatic N) is 3. The number of aromatic nitrogens is 2. The average molecular weight is 284 g/mol. The van der Waals surface area contributed by atoms with E-state index in [1.54, 1.807) is 7.11 Å². The molecule has 0 saturated carbocycles. The molecule has 0 aliphatic rings. The van der Waals surface area contributed by atoms with E-state index in [4.69, 9.17) is 4.74 Å². The lowest BCUT2D eigenvalue weighted by atomic mass is 10.2. The standard InChI is InChI=1S/C14H28N4O2/c1-10(2)15-7-13-11(3)16-18(5)14(13)17(4)8-12(19)9-20-6/h10,12,15,19H,7-9H2,1-6H3. The van der Waals surface area contributed by atoms with Crippen molar-refractivity contribution in [3.63, 3.8) is 0 Å². The monoisotopic (exact) mass is 284 g/mol. The Hall–Kier alpha value is -1.11. The zero-order chi connectivity index (χ0) is 15.3. The van der Waals surface area contributed by atoms with Gasteiger partial charge in [0.15, 0.2) is 0 Å². The molecule has 1 aromatic heterocycles. The summed E-state index contributed by atoms with van der Waals surface area (Å²) in [7, 11) is 5.49. The van der Waals surface area contributed by atoms with Crippen molar-refractivity contribution in [2.24, 2.45) is 7.05 Å². The summed E-state index contributed by atoms with van der Waals surface area (Å²) < 4.78 is 6.84. The number of nitrogens with one attached hydrogen (secondary N) is 1. The SMILES string of the molecule is COCC(O)CN(C)c1c(CNC(C)C)c(C)nn1C. The van der Waals surface area contributed by atoms with Crippen molar-refractivity contribution < 1.29 is 9.84 Å². The van der Waals surface area contributed by atoms with Gasteiger partial charge in [-0.2, -0.15) is 5.10 Å². The van der Waals surface area contributed by atoms with Crippen LogP contribution in [0.4, 0.5) is 5.82 Å². The first-order valence-electron chi connectivity index (χ1n) is 7.00. The zero-order valence-electron chi connectivity index (χ0n) is 13.5. The highest BCUT2D eigenvalue weighted by Crippen LogP contribution is 2.22. The summed E-state index contributed by atoms with van der Waals surface area (Å²) in [5.41, 5.74) is 2.19. The second-order valence-electron chi connectivity index (χ2n) is 5.54. The second-order valence-corrected chi connectivity index (χ2v) is 5.54. The molecule has 0 radical (unpaired) electrons. The summed E-state index contributed by atoms with van der Waals surface area (Å²) in [6.45, 7) is 7.88. The summed E-state index contributed by atoms with van der Waals surface area (Å²) in [6.07, 6.45) is -0.508.